The molecule has 0 aliphatic heterocycles. The first-order valence-corrected chi connectivity index (χ1v) is 7.78. The first kappa shape index (κ1) is 15.6. The molecular formula is C11H16Cl2N2O2S. The Hall–Kier alpha value is -0.490. The number of anilines is 1. The van der Waals surface area contributed by atoms with Crippen LogP contribution in [0, 0.1) is 0 Å². The zero-order chi connectivity index (χ0) is 13.9. The summed E-state index contributed by atoms with van der Waals surface area (Å²) in [4.78, 5) is -0.122. The third-order valence-corrected chi connectivity index (χ3v) is 4.88. The molecule has 0 radical (unpaired) electrons. The van der Waals surface area contributed by atoms with Crippen molar-refractivity contribution in [2.75, 3.05) is 5.73 Å². The van der Waals surface area contributed by atoms with Crippen molar-refractivity contribution in [2.24, 2.45) is 0 Å². The molecule has 0 aromatic heterocycles. The lowest BCUT2D eigenvalue weighted by molar-refractivity contribution is 0.544. The fourth-order valence-corrected chi connectivity index (χ4v) is 4.16. The van der Waals surface area contributed by atoms with E-state index >= 15 is 0 Å². The van der Waals surface area contributed by atoms with Gasteiger partial charge in [0, 0.05) is 11.7 Å². The summed E-state index contributed by atoms with van der Waals surface area (Å²) >= 11 is 11.8. The Bertz CT molecular complexity index is 509. The molecule has 1 aromatic carbocycles. The normalized spacial score (nSPS) is 13.6. The molecule has 0 aliphatic carbocycles. The number of hydrogen-bond acceptors (Lipinski definition) is 3. The first-order chi connectivity index (χ1) is 8.27. The lowest BCUT2D eigenvalue weighted by Gasteiger charge is -2.15. The lowest BCUT2D eigenvalue weighted by atomic mass is 10.2. The van der Waals surface area contributed by atoms with Gasteiger partial charge < -0.3 is 5.73 Å². The molecule has 18 heavy (non-hydrogen) atoms. The van der Waals surface area contributed by atoms with Crippen molar-refractivity contribution in [3.8, 4) is 0 Å². The van der Waals surface area contributed by atoms with Crippen molar-refractivity contribution in [3.63, 3.8) is 0 Å². The van der Waals surface area contributed by atoms with Crippen LogP contribution in [0.3, 0.4) is 0 Å². The highest BCUT2D eigenvalue weighted by Crippen LogP contribution is 2.31. The van der Waals surface area contributed by atoms with E-state index < -0.39 is 10.0 Å². The second-order valence-electron chi connectivity index (χ2n) is 4.12. The van der Waals surface area contributed by atoms with Crippen LogP contribution >= 0.6 is 23.2 Å². The zero-order valence-electron chi connectivity index (χ0n) is 10.2. The molecule has 3 N–H and O–H groups in total. The molecule has 0 heterocycles. The predicted molar refractivity (Wildman–Crippen MR) is 75.6 cm³/mol. The van der Waals surface area contributed by atoms with E-state index in [4.69, 9.17) is 28.9 Å². The second-order valence-corrected chi connectivity index (χ2v) is 6.59. The van der Waals surface area contributed by atoms with E-state index in [-0.39, 0.29) is 21.0 Å². The molecule has 1 unspecified atom stereocenters. The summed E-state index contributed by atoms with van der Waals surface area (Å²) < 4.78 is 26.8. The van der Waals surface area contributed by atoms with E-state index in [0.29, 0.717) is 5.69 Å². The minimum atomic E-state index is -3.73. The van der Waals surface area contributed by atoms with E-state index in [0.717, 1.165) is 12.8 Å². The molecule has 102 valence electrons. The Morgan fingerprint density at radius 2 is 1.83 bits per heavy atom. The Morgan fingerprint density at radius 3 is 2.28 bits per heavy atom. The van der Waals surface area contributed by atoms with E-state index in [9.17, 15) is 8.42 Å². The standard InChI is InChI=1S/C11H16Cl2N2O2S/c1-3-4-7(2)15-18(16,17)11-9(12)5-8(14)6-10(11)13/h5-7,15H,3-4,14H2,1-2H3. The summed E-state index contributed by atoms with van der Waals surface area (Å²) in [6.45, 7) is 3.77. The number of nitrogens with one attached hydrogen (secondary N) is 1. The molecular weight excluding hydrogens is 295 g/mol. The van der Waals surface area contributed by atoms with Gasteiger partial charge in [-0.25, -0.2) is 13.1 Å². The third kappa shape index (κ3) is 3.75. The maximum absolute atomic E-state index is 12.1. The van der Waals surface area contributed by atoms with Crippen molar-refractivity contribution in [1.29, 1.82) is 0 Å². The third-order valence-electron chi connectivity index (χ3n) is 2.37. The lowest BCUT2D eigenvalue weighted by Crippen LogP contribution is -2.32. The maximum Gasteiger partial charge on any atom is 0.243 e. The average molecular weight is 311 g/mol. The number of benzene rings is 1. The van der Waals surface area contributed by atoms with Gasteiger partial charge in [-0.15, -0.1) is 0 Å². The number of rotatable bonds is 5. The number of halogens is 2. The molecule has 1 rings (SSSR count). The van der Waals surface area contributed by atoms with E-state index in [2.05, 4.69) is 4.72 Å². The topological polar surface area (TPSA) is 72.2 Å². The van der Waals surface area contributed by atoms with Crippen LogP contribution in [0.2, 0.25) is 10.0 Å². The molecule has 0 amide bonds. The van der Waals surface area contributed by atoms with Crippen LogP contribution in [0.15, 0.2) is 17.0 Å². The summed E-state index contributed by atoms with van der Waals surface area (Å²) in [5, 5.41) is 0.0485. The molecule has 0 aliphatic rings. The number of nitrogens with two attached hydrogens (primary N) is 1. The summed E-state index contributed by atoms with van der Waals surface area (Å²) in [5.74, 6) is 0. The summed E-state index contributed by atoms with van der Waals surface area (Å²) in [6, 6.07) is 2.56. The largest absolute Gasteiger partial charge is 0.399 e. The van der Waals surface area contributed by atoms with Crippen LogP contribution in [-0.4, -0.2) is 14.5 Å². The maximum atomic E-state index is 12.1. The highest BCUT2D eigenvalue weighted by Gasteiger charge is 2.23. The van der Waals surface area contributed by atoms with E-state index in [1.165, 1.54) is 12.1 Å². The van der Waals surface area contributed by atoms with Crippen LogP contribution in [0.5, 0.6) is 0 Å². The highest BCUT2D eigenvalue weighted by molar-refractivity contribution is 7.89. The summed E-state index contributed by atoms with van der Waals surface area (Å²) in [6.07, 6.45) is 1.62. The fraction of sp³-hybridized carbons (Fsp3) is 0.455. The molecule has 4 nitrogen and oxygen atoms in total. The average Bonchev–Trinajstić information content (AvgIpc) is 2.13. The van der Waals surface area contributed by atoms with Crippen molar-refractivity contribution < 1.29 is 8.42 Å². The van der Waals surface area contributed by atoms with Gasteiger partial charge in [-0.1, -0.05) is 36.5 Å². The molecule has 1 atom stereocenters. The minimum Gasteiger partial charge on any atom is -0.399 e. The van der Waals surface area contributed by atoms with Crippen LogP contribution in [0.25, 0.3) is 0 Å². The molecule has 0 saturated heterocycles. The van der Waals surface area contributed by atoms with Crippen LogP contribution in [0.1, 0.15) is 26.7 Å². The Morgan fingerprint density at radius 1 is 1.33 bits per heavy atom. The van der Waals surface area contributed by atoms with Gasteiger partial charge >= 0.3 is 0 Å². The summed E-state index contributed by atoms with van der Waals surface area (Å²) in [5.41, 5.74) is 5.86. The van der Waals surface area contributed by atoms with Crippen LogP contribution < -0.4 is 10.5 Å². The van der Waals surface area contributed by atoms with Crippen molar-refractivity contribution in [3.05, 3.63) is 22.2 Å². The molecule has 1 aromatic rings. The minimum absolute atomic E-state index is 0.0243. The van der Waals surface area contributed by atoms with Gasteiger partial charge in [-0.2, -0.15) is 0 Å². The zero-order valence-corrected chi connectivity index (χ0v) is 12.5. The van der Waals surface area contributed by atoms with Gasteiger partial charge in [0.2, 0.25) is 10.0 Å². The molecule has 0 fully saturated rings. The van der Waals surface area contributed by atoms with Gasteiger partial charge in [0.15, 0.2) is 0 Å². The van der Waals surface area contributed by atoms with Crippen molar-refractivity contribution in [1.82, 2.24) is 4.72 Å². The molecule has 0 bridgehead atoms. The van der Waals surface area contributed by atoms with Gasteiger partial charge in [0.25, 0.3) is 0 Å². The number of sulfonamides is 1. The quantitative estimate of drug-likeness (QED) is 0.821. The molecule has 0 saturated carbocycles. The van der Waals surface area contributed by atoms with Gasteiger partial charge in [0.05, 0.1) is 10.0 Å². The van der Waals surface area contributed by atoms with Gasteiger partial charge in [0.1, 0.15) is 4.90 Å². The SMILES string of the molecule is CCCC(C)NS(=O)(=O)c1c(Cl)cc(N)cc1Cl. The molecule has 7 heteroatoms. The number of nitrogen functional groups attached to an aromatic ring is 1. The van der Waals surface area contributed by atoms with Gasteiger partial charge in [-0.3, -0.25) is 0 Å². The first-order valence-electron chi connectivity index (χ1n) is 5.54. The Balaban J connectivity index is 3.13. The monoisotopic (exact) mass is 310 g/mol. The smallest absolute Gasteiger partial charge is 0.243 e. The van der Waals surface area contributed by atoms with Crippen molar-refractivity contribution >= 4 is 38.9 Å². The summed E-state index contributed by atoms with van der Waals surface area (Å²) in [7, 11) is -3.73. The molecule has 0 spiro atoms. The fourth-order valence-electron chi connectivity index (χ4n) is 1.65. The highest BCUT2D eigenvalue weighted by atomic mass is 35.5. The van der Waals surface area contributed by atoms with Gasteiger partial charge in [-0.05, 0) is 25.5 Å². The Kier molecular flexibility index (Phi) is 5.28. The predicted octanol–water partition coefficient (Wildman–Crippen LogP) is 3.04. The van der Waals surface area contributed by atoms with Crippen molar-refractivity contribution in [2.45, 2.75) is 37.6 Å². The van der Waals surface area contributed by atoms with Crippen LogP contribution in [0.4, 0.5) is 5.69 Å². The number of hydrogen-bond donors (Lipinski definition) is 2. The van der Waals surface area contributed by atoms with E-state index in [1.807, 2.05) is 6.92 Å². The van der Waals surface area contributed by atoms with Crippen LogP contribution in [-0.2, 0) is 10.0 Å². The van der Waals surface area contributed by atoms with E-state index in [1.54, 1.807) is 6.92 Å². The second kappa shape index (κ2) is 6.10. The Labute approximate surface area is 118 Å².